The summed E-state index contributed by atoms with van der Waals surface area (Å²) in [7, 11) is -2.38. The number of carbonyl (C=O) groups is 5. The third-order valence-electron chi connectivity index (χ3n) is 9.33. The van der Waals surface area contributed by atoms with Crippen molar-refractivity contribution in [1.29, 1.82) is 0 Å². The molecule has 0 spiro atoms. The first kappa shape index (κ1) is 39.2. The molecule has 3 fully saturated rings. The first-order valence-electron chi connectivity index (χ1n) is 17.6. The summed E-state index contributed by atoms with van der Waals surface area (Å²) in [5.41, 5.74) is -2.49. The zero-order valence-corrected chi connectivity index (χ0v) is 31.4. The van der Waals surface area contributed by atoms with E-state index in [0.29, 0.717) is 24.0 Å². The summed E-state index contributed by atoms with van der Waals surface area (Å²) in [6.45, 7) is 10.3. The number of amides is 4. The lowest BCUT2D eigenvalue weighted by Gasteiger charge is -2.30. The zero-order valence-electron chi connectivity index (χ0n) is 30.5. The quantitative estimate of drug-likeness (QED) is 0.178. The Labute approximate surface area is 308 Å². The molecule has 1 saturated heterocycles. The van der Waals surface area contributed by atoms with Crippen LogP contribution in [0.15, 0.2) is 55.3 Å². The molecule has 3 N–H and O–H groups in total. The summed E-state index contributed by atoms with van der Waals surface area (Å²) >= 11 is 0. The molecule has 15 nitrogen and oxygen atoms in total. The number of fused-ring (bicyclic) bond motifs is 1. The number of allylic oxidation sites excluding steroid dienone is 2. The SMILES string of the molecule is C=CC1CC1(NC(=O)C1CC(Oc2nccc3cc(OC)ccc23)CN1C(=O)C(CCC(=O)/C=C/C)NC(=O)OC(C)(C)C)C(=O)NS(=O)(=O)C1CC1. The first-order valence-corrected chi connectivity index (χ1v) is 19.1. The van der Waals surface area contributed by atoms with Gasteiger partial charge in [-0.25, -0.2) is 18.2 Å². The maximum absolute atomic E-state index is 14.4. The molecule has 2 saturated carbocycles. The van der Waals surface area contributed by atoms with Crippen molar-refractivity contribution >= 4 is 50.4 Å². The van der Waals surface area contributed by atoms with Crippen LogP contribution in [-0.2, 0) is 33.9 Å². The van der Waals surface area contributed by atoms with E-state index in [2.05, 4.69) is 26.9 Å². The van der Waals surface area contributed by atoms with E-state index in [1.165, 1.54) is 17.1 Å². The number of rotatable bonds is 15. The lowest BCUT2D eigenvalue weighted by Crippen LogP contribution is -2.58. The van der Waals surface area contributed by atoms with Gasteiger partial charge < -0.3 is 29.7 Å². The van der Waals surface area contributed by atoms with Crippen LogP contribution >= 0.6 is 0 Å². The van der Waals surface area contributed by atoms with Crippen LogP contribution in [0, 0.1) is 5.92 Å². The van der Waals surface area contributed by atoms with E-state index in [0.717, 1.165) is 5.39 Å². The van der Waals surface area contributed by atoms with Gasteiger partial charge in [-0.2, -0.15) is 0 Å². The van der Waals surface area contributed by atoms with Gasteiger partial charge in [-0.15, -0.1) is 6.58 Å². The molecule has 4 amide bonds. The number of likely N-dealkylation sites (tertiary alicyclic amines) is 1. The van der Waals surface area contributed by atoms with Crippen LogP contribution in [0.5, 0.6) is 11.6 Å². The number of carbonyl (C=O) groups excluding carboxylic acids is 5. The molecule has 2 heterocycles. The van der Waals surface area contributed by atoms with Crippen LogP contribution in [0.3, 0.4) is 0 Å². The molecule has 1 aromatic carbocycles. The lowest BCUT2D eigenvalue weighted by atomic mass is 10.1. The summed E-state index contributed by atoms with van der Waals surface area (Å²) < 4.78 is 44.6. The minimum atomic E-state index is -3.93. The highest BCUT2D eigenvalue weighted by Crippen LogP contribution is 2.45. The zero-order chi connectivity index (χ0) is 38.7. The number of pyridine rings is 1. The Morgan fingerprint density at radius 3 is 2.51 bits per heavy atom. The molecule has 53 heavy (non-hydrogen) atoms. The van der Waals surface area contributed by atoms with Gasteiger partial charge in [-0.05, 0) is 89.1 Å². The van der Waals surface area contributed by atoms with Crippen molar-refractivity contribution in [2.45, 2.75) is 101 Å². The van der Waals surface area contributed by atoms with Crippen molar-refractivity contribution in [3.63, 3.8) is 0 Å². The van der Waals surface area contributed by atoms with E-state index in [1.54, 1.807) is 65.3 Å². The number of nitrogens with zero attached hydrogens (tertiary/aromatic N) is 2. The number of alkyl carbamates (subject to hydrolysis) is 1. The molecule has 286 valence electrons. The Morgan fingerprint density at radius 2 is 1.89 bits per heavy atom. The molecule has 1 aliphatic heterocycles. The molecule has 0 bridgehead atoms. The van der Waals surface area contributed by atoms with Crippen LogP contribution < -0.4 is 24.8 Å². The summed E-state index contributed by atoms with van der Waals surface area (Å²) in [6, 6.07) is 4.62. The third kappa shape index (κ3) is 9.33. The van der Waals surface area contributed by atoms with Gasteiger partial charge in [0.15, 0.2) is 5.78 Å². The minimum Gasteiger partial charge on any atom is -0.497 e. The van der Waals surface area contributed by atoms with Crippen LogP contribution in [-0.4, -0.2) is 96.1 Å². The summed E-state index contributed by atoms with van der Waals surface area (Å²) in [6.07, 6.45) is 5.02. The molecule has 5 unspecified atom stereocenters. The average Bonchev–Trinajstić information content (AvgIpc) is 4.02. The number of hydrogen-bond acceptors (Lipinski definition) is 11. The maximum Gasteiger partial charge on any atom is 0.408 e. The van der Waals surface area contributed by atoms with Gasteiger partial charge in [0, 0.05) is 30.3 Å². The molecule has 2 aliphatic carbocycles. The second-order valence-corrected chi connectivity index (χ2v) is 16.5. The van der Waals surface area contributed by atoms with E-state index in [9.17, 15) is 32.4 Å². The van der Waals surface area contributed by atoms with Crippen molar-refractivity contribution in [3.05, 3.63) is 55.3 Å². The maximum atomic E-state index is 14.4. The monoisotopic (exact) mass is 753 g/mol. The van der Waals surface area contributed by atoms with Gasteiger partial charge in [0.1, 0.15) is 35.1 Å². The normalized spacial score (nSPS) is 23.2. The molecular weight excluding hydrogens is 706 g/mol. The van der Waals surface area contributed by atoms with Crippen molar-refractivity contribution < 1.29 is 46.6 Å². The number of nitrogens with one attached hydrogen (secondary N) is 3. The van der Waals surface area contributed by atoms with Crippen molar-refractivity contribution in [2.75, 3.05) is 13.7 Å². The number of benzene rings is 1. The summed E-state index contributed by atoms with van der Waals surface area (Å²) in [5.74, 6) is -2.25. The topological polar surface area (TPSA) is 199 Å². The second kappa shape index (κ2) is 15.5. The summed E-state index contributed by atoms with van der Waals surface area (Å²) in [4.78, 5) is 73.1. The number of ether oxygens (including phenoxy) is 3. The lowest BCUT2D eigenvalue weighted by molar-refractivity contribution is -0.141. The Morgan fingerprint density at radius 1 is 1.15 bits per heavy atom. The Balaban J connectivity index is 1.44. The number of ketones is 1. The molecule has 1 aromatic heterocycles. The Kier molecular flexibility index (Phi) is 11.5. The molecule has 5 rings (SSSR count). The highest BCUT2D eigenvalue weighted by Gasteiger charge is 2.62. The van der Waals surface area contributed by atoms with Gasteiger partial charge in [-0.3, -0.25) is 23.9 Å². The summed E-state index contributed by atoms with van der Waals surface area (Å²) in [5, 5.41) is 6.08. The third-order valence-corrected chi connectivity index (χ3v) is 11.2. The van der Waals surface area contributed by atoms with Crippen molar-refractivity contribution in [1.82, 2.24) is 25.2 Å². The number of methoxy groups -OCH3 is 1. The molecule has 3 aliphatic rings. The number of sulfonamides is 1. The van der Waals surface area contributed by atoms with E-state index < -0.39 is 74.3 Å². The molecule has 5 atom stereocenters. The predicted molar refractivity (Wildman–Crippen MR) is 194 cm³/mol. The largest absolute Gasteiger partial charge is 0.497 e. The first-order chi connectivity index (χ1) is 25.0. The number of hydrogen-bond donors (Lipinski definition) is 3. The van der Waals surface area contributed by atoms with E-state index >= 15 is 0 Å². The molecule has 2 aromatic rings. The van der Waals surface area contributed by atoms with Gasteiger partial charge >= 0.3 is 6.09 Å². The average molecular weight is 754 g/mol. The minimum absolute atomic E-state index is 0.0424. The van der Waals surface area contributed by atoms with E-state index in [-0.39, 0.29) is 43.9 Å². The highest BCUT2D eigenvalue weighted by atomic mass is 32.2. The Hall–Kier alpha value is -4.99. The van der Waals surface area contributed by atoms with Gasteiger partial charge in [0.25, 0.3) is 5.91 Å². The highest BCUT2D eigenvalue weighted by molar-refractivity contribution is 7.91. The van der Waals surface area contributed by atoms with Crippen molar-refractivity contribution in [2.24, 2.45) is 5.92 Å². The molecular formula is C37H47N5O10S. The van der Waals surface area contributed by atoms with Crippen LogP contribution in [0.2, 0.25) is 0 Å². The fourth-order valence-corrected chi connectivity index (χ4v) is 7.73. The van der Waals surface area contributed by atoms with E-state index in [1.807, 2.05) is 6.07 Å². The van der Waals surface area contributed by atoms with Crippen LogP contribution in [0.1, 0.15) is 66.2 Å². The van der Waals surface area contributed by atoms with Gasteiger partial charge in [-0.1, -0.05) is 12.2 Å². The van der Waals surface area contributed by atoms with Crippen molar-refractivity contribution in [3.8, 4) is 11.6 Å². The molecule has 0 radical (unpaired) electrons. The van der Waals surface area contributed by atoms with Gasteiger partial charge in [0.05, 0.1) is 18.9 Å². The Bertz CT molecular complexity index is 1920. The van der Waals surface area contributed by atoms with Crippen LogP contribution in [0.25, 0.3) is 10.8 Å². The fraction of sp³-hybridized carbons (Fsp3) is 0.514. The van der Waals surface area contributed by atoms with Crippen LogP contribution in [0.4, 0.5) is 4.79 Å². The predicted octanol–water partition coefficient (Wildman–Crippen LogP) is 3.08. The number of aromatic nitrogens is 1. The fourth-order valence-electron chi connectivity index (χ4n) is 6.36. The molecule has 16 heteroatoms. The van der Waals surface area contributed by atoms with E-state index in [4.69, 9.17) is 14.2 Å². The second-order valence-electron chi connectivity index (χ2n) is 14.6. The smallest absolute Gasteiger partial charge is 0.408 e. The van der Waals surface area contributed by atoms with Gasteiger partial charge in [0.2, 0.25) is 27.7 Å². The standard InChI is InChI=1S/C37H47N5O10S/c1-7-9-24(43)10-15-29(39-35(47)52-36(3,4)5)33(45)42-21-26(51-32-28-14-11-25(50-6)18-22(28)16-17-38-32)19-30(42)31(44)40-37(20-23(37)8-2)34(46)41-53(48,49)27-12-13-27/h7-9,11,14,16-18,23,26-27,29-30H,2,10,12-13,15,19-21H2,1,3-6H3,(H,39,47)(H,40,44)(H,41,46)/b9-7+.